The van der Waals surface area contributed by atoms with E-state index in [0.717, 1.165) is 6.42 Å². The lowest BCUT2D eigenvalue weighted by molar-refractivity contribution is -0.144. The van der Waals surface area contributed by atoms with Crippen LogP contribution in [-0.4, -0.2) is 34.5 Å². The minimum absolute atomic E-state index is 0.433. The summed E-state index contributed by atoms with van der Waals surface area (Å²) in [5, 5.41) is 11.0. The van der Waals surface area contributed by atoms with Gasteiger partial charge in [-0.1, -0.05) is 0 Å². The lowest BCUT2D eigenvalue weighted by Gasteiger charge is -2.36. The maximum Gasteiger partial charge on any atom is 0.326 e. The molecule has 0 heterocycles. The van der Waals surface area contributed by atoms with Crippen LogP contribution < -0.4 is 16.8 Å². The van der Waals surface area contributed by atoms with Crippen LogP contribution in [0.25, 0.3) is 0 Å². The summed E-state index contributed by atoms with van der Waals surface area (Å²) >= 11 is 0. The highest BCUT2D eigenvalue weighted by atomic mass is 16.4. The molecule has 1 fully saturated rings. The number of aliphatic carboxylic acids is 1. The number of primary amides is 1. The second kappa shape index (κ2) is 4.48. The SMILES string of the molecule is NC(=O)CC(NC(=O)C1(N)CCC1)C(=O)O. The summed E-state index contributed by atoms with van der Waals surface area (Å²) in [5.41, 5.74) is 9.60. The van der Waals surface area contributed by atoms with E-state index in [1.165, 1.54) is 0 Å². The van der Waals surface area contributed by atoms with Gasteiger partial charge in [0.1, 0.15) is 6.04 Å². The molecule has 7 heteroatoms. The van der Waals surface area contributed by atoms with Crippen molar-refractivity contribution >= 4 is 17.8 Å². The van der Waals surface area contributed by atoms with Crippen molar-refractivity contribution in [1.82, 2.24) is 5.32 Å². The molecule has 0 saturated heterocycles. The van der Waals surface area contributed by atoms with Gasteiger partial charge in [0.25, 0.3) is 0 Å². The van der Waals surface area contributed by atoms with Gasteiger partial charge < -0.3 is 21.9 Å². The molecule has 2 amide bonds. The van der Waals surface area contributed by atoms with Gasteiger partial charge in [0.15, 0.2) is 0 Å². The maximum absolute atomic E-state index is 11.6. The van der Waals surface area contributed by atoms with Crippen LogP contribution >= 0.6 is 0 Å². The number of nitrogens with two attached hydrogens (primary N) is 2. The molecule has 1 saturated carbocycles. The second-order valence-corrected chi connectivity index (χ2v) is 4.04. The van der Waals surface area contributed by atoms with Gasteiger partial charge in [0.2, 0.25) is 11.8 Å². The van der Waals surface area contributed by atoms with Crippen LogP contribution in [0.3, 0.4) is 0 Å². The van der Waals surface area contributed by atoms with Crippen molar-refractivity contribution in [2.75, 3.05) is 0 Å². The Morgan fingerprint density at radius 3 is 2.25 bits per heavy atom. The van der Waals surface area contributed by atoms with Crippen LogP contribution in [-0.2, 0) is 14.4 Å². The van der Waals surface area contributed by atoms with E-state index in [4.69, 9.17) is 16.6 Å². The Morgan fingerprint density at radius 1 is 1.38 bits per heavy atom. The Labute approximate surface area is 92.2 Å². The van der Waals surface area contributed by atoms with E-state index < -0.39 is 35.8 Å². The fourth-order valence-corrected chi connectivity index (χ4v) is 1.49. The van der Waals surface area contributed by atoms with Crippen molar-refractivity contribution < 1.29 is 19.5 Å². The van der Waals surface area contributed by atoms with Crippen molar-refractivity contribution in [3.8, 4) is 0 Å². The molecule has 90 valence electrons. The van der Waals surface area contributed by atoms with E-state index in [9.17, 15) is 14.4 Å². The number of carboxylic acids is 1. The first-order chi connectivity index (χ1) is 7.35. The van der Waals surface area contributed by atoms with Gasteiger partial charge in [-0.15, -0.1) is 0 Å². The minimum Gasteiger partial charge on any atom is -0.480 e. The van der Waals surface area contributed by atoms with E-state index in [2.05, 4.69) is 5.32 Å². The summed E-state index contributed by atoms with van der Waals surface area (Å²) in [4.78, 5) is 32.9. The van der Waals surface area contributed by atoms with Crippen LogP contribution in [0.2, 0.25) is 0 Å². The molecule has 0 aromatic heterocycles. The highest BCUT2D eigenvalue weighted by Crippen LogP contribution is 2.29. The van der Waals surface area contributed by atoms with Crippen LogP contribution in [0.5, 0.6) is 0 Å². The number of amides is 2. The minimum atomic E-state index is -1.30. The predicted octanol–water partition coefficient (Wildman–Crippen LogP) is -1.69. The summed E-state index contributed by atoms with van der Waals surface area (Å²) < 4.78 is 0. The molecule has 0 aliphatic heterocycles. The lowest BCUT2D eigenvalue weighted by atomic mass is 9.77. The maximum atomic E-state index is 11.6. The number of carbonyl (C=O) groups excluding carboxylic acids is 2. The van der Waals surface area contributed by atoms with Crippen LogP contribution in [0, 0.1) is 0 Å². The van der Waals surface area contributed by atoms with E-state index >= 15 is 0 Å². The molecule has 0 aromatic rings. The molecular weight excluding hydrogens is 214 g/mol. The van der Waals surface area contributed by atoms with Crippen LogP contribution in [0.4, 0.5) is 0 Å². The van der Waals surface area contributed by atoms with Crippen molar-refractivity contribution in [2.45, 2.75) is 37.3 Å². The molecule has 0 radical (unpaired) electrons. The zero-order chi connectivity index (χ0) is 12.3. The monoisotopic (exact) mass is 229 g/mol. The quantitative estimate of drug-likeness (QED) is 0.446. The first-order valence-electron chi connectivity index (χ1n) is 4.96. The number of carbonyl (C=O) groups is 3. The zero-order valence-corrected chi connectivity index (χ0v) is 8.73. The molecule has 0 spiro atoms. The Hall–Kier alpha value is -1.63. The molecule has 1 aliphatic rings. The Kier molecular flexibility index (Phi) is 3.48. The topological polar surface area (TPSA) is 136 Å². The lowest BCUT2D eigenvalue weighted by Crippen LogP contribution is -2.61. The van der Waals surface area contributed by atoms with Crippen molar-refractivity contribution in [3.05, 3.63) is 0 Å². The standard InChI is InChI=1S/C9H15N3O4/c10-6(13)4-5(7(14)15)12-8(16)9(11)2-1-3-9/h5H,1-4,11H2,(H2,10,13)(H,12,16)(H,14,15). The Morgan fingerprint density at radius 2 is 1.94 bits per heavy atom. The number of carboxylic acid groups (broad SMARTS) is 1. The third-order valence-electron chi connectivity index (χ3n) is 2.71. The van der Waals surface area contributed by atoms with Gasteiger partial charge in [0.05, 0.1) is 12.0 Å². The summed E-state index contributed by atoms with van der Waals surface area (Å²) in [5.74, 6) is -2.62. The second-order valence-electron chi connectivity index (χ2n) is 4.04. The van der Waals surface area contributed by atoms with Crippen LogP contribution in [0.15, 0.2) is 0 Å². The third-order valence-corrected chi connectivity index (χ3v) is 2.71. The summed E-state index contributed by atoms with van der Waals surface area (Å²) in [6.07, 6.45) is 1.47. The van der Waals surface area contributed by atoms with E-state index in [0.29, 0.717) is 12.8 Å². The molecule has 6 N–H and O–H groups in total. The highest BCUT2D eigenvalue weighted by Gasteiger charge is 2.41. The number of hydrogen-bond donors (Lipinski definition) is 4. The highest BCUT2D eigenvalue weighted by molar-refractivity contribution is 5.92. The normalized spacial score (nSPS) is 19.3. The Bertz CT molecular complexity index is 325. The number of hydrogen-bond acceptors (Lipinski definition) is 4. The van der Waals surface area contributed by atoms with Gasteiger partial charge in [-0.05, 0) is 19.3 Å². The molecule has 1 rings (SSSR count). The van der Waals surface area contributed by atoms with Crippen molar-refractivity contribution in [2.24, 2.45) is 11.5 Å². The van der Waals surface area contributed by atoms with E-state index in [1.54, 1.807) is 0 Å². The molecule has 1 aliphatic carbocycles. The smallest absolute Gasteiger partial charge is 0.326 e. The van der Waals surface area contributed by atoms with Gasteiger partial charge >= 0.3 is 5.97 Å². The predicted molar refractivity (Wildman–Crippen MR) is 54.1 cm³/mol. The summed E-state index contributed by atoms with van der Waals surface area (Å²) in [6, 6.07) is -1.30. The fourth-order valence-electron chi connectivity index (χ4n) is 1.49. The average molecular weight is 229 g/mol. The van der Waals surface area contributed by atoms with E-state index in [1.807, 2.05) is 0 Å². The first kappa shape index (κ1) is 12.4. The van der Waals surface area contributed by atoms with Crippen LogP contribution in [0.1, 0.15) is 25.7 Å². The fraction of sp³-hybridized carbons (Fsp3) is 0.667. The average Bonchev–Trinajstić information content (AvgIpc) is 2.11. The molecule has 1 atom stereocenters. The molecule has 1 unspecified atom stereocenters. The molecule has 0 aromatic carbocycles. The summed E-state index contributed by atoms with van der Waals surface area (Å²) in [7, 11) is 0. The third kappa shape index (κ3) is 2.69. The molecule has 16 heavy (non-hydrogen) atoms. The number of rotatable bonds is 5. The molecule has 7 nitrogen and oxygen atoms in total. The summed E-state index contributed by atoms with van der Waals surface area (Å²) in [6.45, 7) is 0. The van der Waals surface area contributed by atoms with Crippen molar-refractivity contribution in [1.29, 1.82) is 0 Å². The van der Waals surface area contributed by atoms with Gasteiger partial charge in [-0.3, -0.25) is 9.59 Å². The van der Waals surface area contributed by atoms with Gasteiger partial charge in [-0.25, -0.2) is 4.79 Å². The molecular formula is C9H15N3O4. The van der Waals surface area contributed by atoms with Gasteiger partial charge in [0, 0.05) is 0 Å². The largest absolute Gasteiger partial charge is 0.480 e. The first-order valence-corrected chi connectivity index (χ1v) is 4.96. The van der Waals surface area contributed by atoms with Gasteiger partial charge in [-0.2, -0.15) is 0 Å². The van der Waals surface area contributed by atoms with E-state index in [-0.39, 0.29) is 0 Å². The number of nitrogens with one attached hydrogen (secondary N) is 1. The Balaban J connectivity index is 2.57. The van der Waals surface area contributed by atoms with Crippen molar-refractivity contribution in [3.63, 3.8) is 0 Å². The molecule has 0 bridgehead atoms. The zero-order valence-electron chi connectivity index (χ0n) is 8.73.